The van der Waals surface area contributed by atoms with Crippen LogP contribution in [0.1, 0.15) is 20.8 Å². The summed E-state index contributed by atoms with van der Waals surface area (Å²) in [4.78, 5) is 10.6. The molecule has 0 aliphatic rings. The number of ether oxygens (including phenoxy) is 1. The minimum atomic E-state index is -0.360. The van der Waals surface area contributed by atoms with Crippen LogP contribution in [0.4, 0.5) is 4.79 Å². The first-order valence-electron chi connectivity index (χ1n) is 3.46. The molecule has 1 atom stereocenters. The molecular formula is C7H15NO2. The normalized spacial score (nSPS) is 12.9. The van der Waals surface area contributed by atoms with Crippen LogP contribution in [0.3, 0.4) is 0 Å². The van der Waals surface area contributed by atoms with Crippen LogP contribution in [0.2, 0.25) is 0 Å². The van der Waals surface area contributed by atoms with E-state index in [2.05, 4.69) is 5.32 Å². The van der Waals surface area contributed by atoms with Crippen LogP contribution in [-0.2, 0) is 4.74 Å². The van der Waals surface area contributed by atoms with Crippen LogP contribution in [0.25, 0.3) is 0 Å². The highest BCUT2D eigenvalue weighted by Crippen LogP contribution is 2.04. The van der Waals surface area contributed by atoms with E-state index in [0.717, 1.165) is 0 Å². The van der Waals surface area contributed by atoms with Gasteiger partial charge in [0.15, 0.2) is 0 Å². The smallest absolute Gasteiger partial charge is 0.407 e. The summed E-state index contributed by atoms with van der Waals surface area (Å²) in [6, 6.07) is 0. The van der Waals surface area contributed by atoms with E-state index in [4.69, 9.17) is 4.74 Å². The number of carbonyl (C=O) groups is 1. The average Bonchev–Trinajstić information content (AvgIpc) is 1.87. The fraction of sp³-hybridized carbons (Fsp3) is 0.857. The van der Waals surface area contributed by atoms with Crippen molar-refractivity contribution in [3.63, 3.8) is 0 Å². The molecule has 0 bridgehead atoms. The van der Waals surface area contributed by atoms with Crippen molar-refractivity contribution in [1.29, 1.82) is 0 Å². The zero-order valence-electron chi connectivity index (χ0n) is 6.97. The van der Waals surface area contributed by atoms with Crippen LogP contribution in [0.15, 0.2) is 0 Å². The van der Waals surface area contributed by atoms with E-state index in [1.165, 1.54) is 0 Å². The molecule has 0 spiro atoms. The Kier molecular flexibility index (Phi) is 3.84. The molecule has 10 heavy (non-hydrogen) atoms. The van der Waals surface area contributed by atoms with Gasteiger partial charge in [-0.3, -0.25) is 0 Å². The number of amides is 1. The Morgan fingerprint density at radius 2 is 1.90 bits per heavy atom. The summed E-state index contributed by atoms with van der Waals surface area (Å²) in [5, 5.41) is 2.39. The third kappa shape index (κ3) is 3.33. The van der Waals surface area contributed by atoms with Gasteiger partial charge in [0, 0.05) is 7.05 Å². The number of hydrogen-bond acceptors (Lipinski definition) is 2. The van der Waals surface area contributed by atoms with Crippen molar-refractivity contribution in [1.82, 2.24) is 5.32 Å². The summed E-state index contributed by atoms with van der Waals surface area (Å²) in [5.74, 6) is 0.372. The molecule has 0 rings (SSSR count). The molecule has 1 amide bonds. The van der Waals surface area contributed by atoms with Gasteiger partial charge in [-0.05, 0) is 12.8 Å². The van der Waals surface area contributed by atoms with Gasteiger partial charge in [0.05, 0.1) is 0 Å². The lowest BCUT2D eigenvalue weighted by molar-refractivity contribution is 0.0838. The lowest BCUT2D eigenvalue weighted by Crippen LogP contribution is -2.27. The Labute approximate surface area is 61.8 Å². The highest BCUT2D eigenvalue weighted by Gasteiger charge is 2.10. The molecule has 0 saturated heterocycles. The maximum absolute atomic E-state index is 10.6. The number of nitrogens with one attached hydrogen (secondary N) is 1. The summed E-state index contributed by atoms with van der Waals surface area (Å²) in [6.45, 7) is 5.89. The SMILES string of the molecule is CNC(=O)OC(C)C(C)C. The maximum atomic E-state index is 10.6. The van der Waals surface area contributed by atoms with E-state index >= 15 is 0 Å². The number of hydrogen-bond donors (Lipinski definition) is 1. The van der Waals surface area contributed by atoms with Gasteiger partial charge in [-0.1, -0.05) is 13.8 Å². The second-order valence-electron chi connectivity index (χ2n) is 2.60. The Morgan fingerprint density at radius 1 is 1.40 bits per heavy atom. The van der Waals surface area contributed by atoms with Gasteiger partial charge in [0.2, 0.25) is 0 Å². The summed E-state index contributed by atoms with van der Waals surface area (Å²) in [6.07, 6.45) is -0.374. The second-order valence-corrected chi connectivity index (χ2v) is 2.60. The Bertz CT molecular complexity index is 112. The number of rotatable bonds is 2. The molecule has 1 unspecified atom stereocenters. The van der Waals surface area contributed by atoms with Crippen LogP contribution in [0.5, 0.6) is 0 Å². The van der Waals surface area contributed by atoms with Crippen LogP contribution < -0.4 is 5.32 Å². The molecule has 0 aromatic heterocycles. The largest absolute Gasteiger partial charge is 0.446 e. The van der Waals surface area contributed by atoms with Crippen molar-refractivity contribution >= 4 is 6.09 Å². The predicted molar refractivity (Wildman–Crippen MR) is 39.8 cm³/mol. The van der Waals surface area contributed by atoms with E-state index in [1.807, 2.05) is 20.8 Å². The summed E-state index contributed by atoms with van der Waals surface area (Å²) in [5.41, 5.74) is 0. The lowest BCUT2D eigenvalue weighted by atomic mass is 10.1. The second kappa shape index (κ2) is 4.14. The summed E-state index contributed by atoms with van der Waals surface area (Å²) in [7, 11) is 1.55. The Balaban J connectivity index is 3.57. The summed E-state index contributed by atoms with van der Waals surface area (Å²) >= 11 is 0. The molecule has 0 aromatic rings. The molecule has 3 heteroatoms. The van der Waals surface area contributed by atoms with Crippen molar-refractivity contribution < 1.29 is 9.53 Å². The van der Waals surface area contributed by atoms with Gasteiger partial charge in [-0.15, -0.1) is 0 Å². The van der Waals surface area contributed by atoms with Crippen molar-refractivity contribution in [2.24, 2.45) is 5.92 Å². The van der Waals surface area contributed by atoms with Crippen molar-refractivity contribution in [3.05, 3.63) is 0 Å². The molecule has 0 heterocycles. The van der Waals surface area contributed by atoms with E-state index in [9.17, 15) is 4.79 Å². The molecule has 1 N–H and O–H groups in total. The van der Waals surface area contributed by atoms with Crippen molar-refractivity contribution in [3.8, 4) is 0 Å². The quantitative estimate of drug-likeness (QED) is 0.637. The Morgan fingerprint density at radius 3 is 2.20 bits per heavy atom. The van der Waals surface area contributed by atoms with Crippen molar-refractivity contribution in [2.45, 2.75) is 26.9 Å². The molecule has 0 saturated carbocycles. The Hall–Kier alpha value is -0.730. The van der Waals surface area contributed by atoms with E-state index in [1.54, 1.807) is 7.05 Å². The third-order valence-corrected chi connectivity index (χ3v) is 1.44. The molecule has 0 aliphatic carbocycles. The lowest BCUT2D eigenvalue weighted by Gasteiger charge is -2.15. The van der Waals surface area contributed by atoms with Gasteiger partial charge in [0.1, 0.15) is 6.10 Å². The molecular weight excluding hydrogens is 130 g/mol. The van der Waals surface area contributed by atoms with Crippen molar-refractivity contribution in [2.75, 3.05) is 7.05 Å². The molecule has 0 fully saturated rings. The van der Waals surface area contributed by atoms with Gasteiger partial charge in [-0.2, -0.15) is 0 Å². The fourth-order valence-electron chi connectivity index (χ4n) is 0.364. The number of alkyl carbamates (subject to hydrolysis) is 1. The van der Waals surface area contributed by atoms with Crippen LogP contribution in [0, 0.1) is 5.92 Å². The highest BCUT2D eigenvalue weighted by molar-refractivity contribution is 5.66. The fourth-order valence-corrected chi connectivity index (χ4v) is 0.364. The molecule has 0 radical (unpaired) electrons. The molecule has 3 nitrogen and oxygen atoms in total. The van der Waals surface area contributed by atoms with E-state index < -0.39 is 0 Å². The van der Waals surface area contributed by atoms with Crippen LogP contribution >= 0.6 is 0 Å². The topological polar surface area (TPSA) is 38.3 Å². The van der Waals surface area contributed by atoms with Gasteiger partial charge in [-0.25, -0.2) is 4.79 Å². The van der Waals surface area contributed by atoms with Gasteiger partial charge >= 0.3 is 6.09 Å². The highest BCUT2D eigenvalue weighted by atomic mass is 16.6. The minimum absolute atomic E-state index is 0.0139. The zero-order chi connectivity index (χ0) is 8.15. The van der Waals surface area contributed by atoms with E-state index in [-0.39, 0.29) is 12.2 Å². The monoisotopic (exact) mass is 145 g/mol. The zero-order valence-corrected chi connectivity index (χ0v) is 6.97. The van der Waals surface area contributed by atoms with Gasteiger partial charge in [0.25, 0.3) is 0 Å². The predicted octanol–water partition coefficient (Wildman–Crippen LogP) is 1.39. The average molecular weight is 145 g/mol. The standard InChI is InChI=1S/C7H15NO2/c1-5(2)6(3)10-7(9)8-4/h5-6H,1-4H3,(H,8,9). The minimum Gasteiger partial charge on any atom is -0.446 e. The number of carbonyl (C=O) groups excluding carboxylic acids is 1. The third-order valence-electron chi connectivity index (χ3n) is 1.44. The first-order valence-corrected chi connectivity index (χ1v) is 3.46. The summed E-state index contributed by atoms with van der Waals surface area (Å²) < 4.78 is 4.91. The molecule has 0 aromatic carbocycles. The molecule has 60 valence electrons. The maximum Gasteiger partial charge on any atom is 0.407 e. The van der Waals surface area contributed by atoms with Gasteiger partial charge < -0.3 is 10.1 Å². The molecule has 0 aliphatic heterocycles. The van der Waals surface area contributed by atoms with Crippen LogP contribution in [-0.4, -0.2) is 19.2 Å². The first kappa shape index (κ1) is 9.27. The first-order chi connectivity index (χ1) is 4.57. The van der Waals surface area contributed by atoms with E-state index in [0.29, 0.717) is 5.92 Å².